The van der Waals surface area contributed by atoms with E-state index in [1.165, 1.54) is 12.8 Å². The van der Waals surface area contributed by atoms with Crippen LogP contribution < -0.4 is 5.32 Å². The van der Waals surface area contributed by atoms with Crippen LogP contribution in [-0.4, -0.2) is 39.3 Å². The highest BCUT2D eigenvalue weighted by atomic mass is 32.2. The minimum absolute atomic E-state index is 0.298. The Morgan fingerprint density at radius 3 is 2.84 bits per heavy atom. The van der Waals surface area contributed by atoms with Crippen LogP contribution in [0.1, 0.15) is 32.6 Å². The van der Waals surface area contributed by atoms with E-state index in [1.54, 1.807) is 6.20 Å². The number of amides is 1. The summed E-state index contributed by atoms with van der Waals surface area (Å²) in [5, 5.41) is 11.8. The van der Waals surface area contributed by atoms with E-state index < -0.39 is 5.97 Å². The van der Waals surface area contributed by atoms with Gasteiger partial charge in [0.2, 0.25) is 0 Å². The van der Waals surface area contributed by atoms with E-state index in [1.807, 2.05) is 0 Å². The molecule has 0 aromatic rings. The Morgan fingerprint density at radius 1 is 1.47 bits per heavy atom. The second-order valence-electron chi connectivity index (χ2n) is 4.18. The van der Waals surface area contributed by atoms with Crippen LogP contribution in [0.3, 0.4) is 0 Å². The van der Waals surface area contributed by atoms with Gasteiger partial charge < -0.3 is 10.4 Å². The summed E-state index contributed by atoms with van der Waals surface area (Å²) in [4.78, 5) is 24.0. The quantitative estimate of drug-likeness (QED) is 0.406. The Kier molecular flexibility index (Phi) is 6.86. The Morgan fingerprint density at radius 2 is 2.21 bits per heavy atom. The van der Waals surface area contributed by atoms with Gasteiger partial charge in [0.05, 0.1) is 4.91 Å². The Bertz CT molecular complexity index is 396. The fourth-order valence-corrected chi connectivity index (χ4v) is 2.79. The second kappa shape index (κ2) is 8.16. The highest BCUT2D eigenvalue weighted by Gasteiger charge is 2.33. The smallest absolute Gasteiger partial charge is 0.323 e. The zero-order chi connectivity index (χ0) is 14.3. The summed E-state index contributed by atoms with van der Waals surface area (Å²) in [7, 11) is 0. The molecule has 2 N–H and O–H groups in total. The van der Waals surface area contributed by atoms with Crippen molar-refractivity contribution in [3.05, 3.63) is 11.1 Å². The first-order valence-corrected chi connectivity index (χ1v) is 7.47. The third-order valence-corrected chi connectivity index (χ3v) is 3.95. The Labute approximate surface area is 122 Å². The molecule has 106 valence electrons. The summed E-state index contributed by atoms with van der Waals surface area (Å²) in [6, 6.07) is 0. The average Bonchev–Trinajstić information content (AvgIpc) is 2.61. The minimum Gasteiger partial charge on any atom is -0.480 e. The maximum Gasteiger partial charge on any atom is 0.323 e. The maximum atomic E-state index is 11.9. The van der Waals surface area contributed by atoms with Crippen molar-refractivity contribution in [1.29, 1.82) is 0 Å². The van der Waals surface area contributed by atoms with Gasteiger partial charge in [-0.15, -0.1) is 0 Å². The summed E-state index contributed by atoms with van der Waals surface area (Å²) in [5.41, 5.74) is 0. The number of unbranched alkanes of at least 4 members (excludes halogenated alkanes) is 3. The lowest BCUT2D eigenvalue weighted by Gasteiger charge is -2.10. The molecule has 0 aromatic heterocycles. The zero-order valence-corrected chi connectivity index (χ0v) is 12.5. The fourth-order valence-electron chi connectivity index (χ4n) is 1.59. The van der Waals surface area contributed by atoms with E-state index in [9.17, 15) is 9.59 Å². The van der Waals surface area contributed by atoms with Crippen LogP contribution in [0, 0.1) is 0 Å². The van der Waals surface area contributed by atoms with Gasteiger partial charge in [-0.3, -0.25) is 14.5 Å². The van der Waals surface area contributed by atoms with Gasteiger partial charge in [-0.1, -0.05) is 50.2 Å². The van der Waals surface area contributed by atoms with Crippen LogP contribution >= 0.6 is 24.0 Å². The predicted molar refractivity (Wildman–Crippen MR) is 79.8 cm³/mol. The molecular formula is C12H18N2O3S2. The van der Waals surface area contributed by atoms with Gasteiger partial charge in [0.25, 0.3) is 5.91 Å². The number of carbonyl (C=O) groups excluding carboxylic acids is 1. The lowest BCUT2D eigenvalue weighted by atomic mass is 10.2. The molecule has 0 saturated carbocycles. The lowest BCUT2D eigenvalue weighted by Crippen LogP contribution is -2.33. The summed E-state index contributed by atoms with van der Waals surface area (Å²) in [5.74, 6) is -1.40. The van der Waals surface area contributed by atoms with E-state index in [2.05, 4.69) is 12.2 Å². The summed E-state index contributed by atoms with van der Waals surface area (Å²) < 4.78 is 0.298. The molecule has 1 fully saturated rings. The Hall–Kier alpha value is -1.08. The number of thiocarbonyl (C=S) groups is 1. The van der Waals surface area contributed by atoms with Crippen LogP contribution in [0.2, 0.25) is 0 Å². The molecule has 0 spiro atoms. The third-order valence-electron chi connectivity index (χ3n) is 2.57. The van der Waals surface area contributed by atoms with Gasteiger partial charge in [-0.2, -0.15) is 0 Å². The Balaban J connectivity index is 2.40. The van der Waals surface area contributed by atoms with Crippen molar-refractivity contribution in [1.82, 2.24) is 10.2 Å². The van der Waals surface area contributed by atoms with Gasteiger partial charge in [-0.05, 0) is 6.42 Å². The molecule has 0 bridgehead atoms. The molecule has 5 nitrogen and oxygen atoms in total. The molecule has 0 aromatic carbocycles. The van der Waals surface area contributed by atoms with Crippen LogP contribution in [0.5, 0.6) is 0 Å². The topological polar surface area (TPSA) is 69.6 Å². The normalized spacial score (nSPS) is 17.3. The van der Waals surface area contributed by atoms with E-state index >= 15 is 0 Å². The fraction of sp³-hybridized carbons (Fsp3) is 0.583. The zero-order valence-electron chi connectivity index (χ0n) is 10.8. The first-order chi connectivity index (χ1) is 9.06. The molecule has 0 radical (unpaired) electrons. The highest BCUT2D eigenvalue weighted by Crippen LogP contribution is 2.29. The number of hydrogen-bond acceptors (Lipinski definition) is 5. The standard InChI is InChI=1S/C12H18N2O3S2/c1-2-3-4-5-6-13-7-9-11(17)14(8-10(15)16)12(18)19-9/h7,13H,2-6,8H2,1H3,(H,15,16). The molecule has 7 heteroatoms. The van der Waals surface area contributed by atoms with Crippen molar-refractivity contribution in [2.75, 3.05) is 13.1 Å². The van der Waals surface area contributed by atoms with Gasteiger partial charge in [-0.25, -0.2) is 0 Å². The minimum atomic E-state index is -1.06. The number of nitrogens with zero attached hydrogens (tertiary/aromatic N) is 1. The van der Waals surface area contributed by atoms with Crippen LogP contribution in [-0.2, 0) is 9.59 Å². The second-order valence-corrected chi connectivity index (χ2v) is 5.85. The molecular weight excluding hydrogens is 284 g/mol. The van der Waals surface area contributed by atoms with Gasteiger partial charge in [0, 0.05) is 12.7 Å². The first-order valence-electron chi connectivity index (χ1n) is 6.25. The van der Waals surface area contributed by atoms with Crippen molar-refractivity contribution in [3.8, 4) is 0 Å². The van der Waals surface area contributed by atoms with E-state index in [-0.39, 0.29) is 12.5 Å². The molecule has 1 amide bonds. The van der Waals surface area contributed by atoms with Gasteiger partial charge in [0.15, 0.2) is 0 Å². The average molecular weight is 302 g/mol. The highest BCUT2D eigenvalue weighted by molar-refractivity contribution is 8.26. The summed E-state index contributed by atoms with van der Waals surface area (Å²) >= 11 is 6.12. The van der Waals surface area contributed by atoms with Gasteiger partial charge >= 0.3 is 5.97 Å². The van der Waals surface area contributed by atoms with E-state index in [4.69, 9.17) is 17.3 Å². The third kappa shape index (κ3) is 5.20. The molecule has 1 rings (SSSR count). The number of rotatable bonds is 8. The predicted octanol–water partition coefficient (Wildman–Crippen LogP) is 1.94. The maximum absolute atomic E-state index is 11.9. The van der Waals surface area contributed by atoms with Crippen molar-refractivity contribution in [3.63, 3.8) is 0 Å². The van der Waals surface area contributed by atoms with Crippen molar-refractivity contribution >= 4 is 40.2 Å². The number of carboxylic acids is 1. The first kappa shape index (κ1) is 16.0. The summed E-state index contributed by atoms with van der Waals surface area (Å²) in [6.45, 7) is 2.59. The molecule has 1 aliphatic heterocycles. The molecule has 19 heavy (non-hydrogen) atoms. The number of hydrogen-bond donors (Lipinski definition) is 2. The molecule has 1 aliphatic rings. The molecule has 1 heterocycles. The van der Waals surface area contributed by atoms with Crippen molar-refractivity contribution in [2.45, 2.75) is 32.6 Å². The van der Waals surface area contributed by atoms with Gasteiger partial charge in [0.1, 0.15) is 10.9 Å². The van der Waals surface area contributed by atoms with Crippen LogP contribution in [0.25, 0.3) is 0 Å². The van der Waals surface area contributed by atoms with Crippen molar-refractivity contribution in [2.24, 2.45) is 0 Å². The van der Waals surface area contributed by atoms with Crippen LogP contribution in [0.15, 0.2) is 11.1 Å². The molecule has 1 saturated heterocycles. The molecule has 0 aliphatic carbocycles. The number of carbonyl (C=O) groups is 2. The van der Waals surface area contributed by atoms with E-state index in [0.29, 0.717) is 9.23 Å². The monoisotopic (exact) mass is 302 g/mol. The summed E-state index contributed by atoms with van der Waals surface area (Å²) in [6.07, 6.45) is 6.25. The molecule has 0 atom stereocenters. The lowest BCUT2D eigenvalue weighted by molar-refractivity contribution is -0.140. The SMILES string of the molecule is CCCCCCNC=C1SC(=S)N(CC(=O)O)C1=O. The van der Waals surface area contributed by atoms with Crippen LogP contribution in [0.4, 0.5) is 0 Å². The number of aliphatic carboxylic acids is 1. The molecule has 0 unspecified atom stereocenters. The number of carboxylic acid groups (broad SMARTS) is 1. The van der Waals surface area contributed by atoms with Crippen molar-refractivity contribution < 1.29 is 14.7 Å². The number of thioether (sulfide) groups is 1. The van der Waals surface area contributed by atoms with E-state index in [0.717, 1.165) is 36.0 Å². The largest absolute Gasteiger partial charge is 0.480 e. The number of nitrogens with one attached hydrogen (secondary N) is 1.